The van der Waals surface area contributed by atoms with Gasteiger partial charge in [0.05, 0.1) is 19.8 Å². The van der Waals surface area contributed by atoms with Gasteiger partial charge in [0.2, 0.25) is 17.5 Å². The first kappa shape index (κ1) is 30.0. The van der Waals surface area contributed by atoms with Crippen LogP contribution in [0.2, 0.25) is 0 Å². The van der Waals surface area contributed by atoms with E-state index in [-0.39, 0.29) is 35.3 Å². The standard InChI is InChI=1S/C27H30O10.C2H6/c1-13(2)4-9-16-20(35-27-19(31)10-17(29)21(12-28)36-27)11-18(30)22-23(32)24(33)25(37-26(16)22)14-5-7-15(34-3)8-6-14;1-2/h4-8,11,17,19,21,27-31,33H,9-10,12H2,1-3H3;1-2H3/t17?,19-,21?,27?;/m0./s1. The van der Waals surface area contributed by atoms with E-state index in [0.717, 1.165) is 5.57 Å². The van der Waals surface area contributed by atoms with Crippen LogP contribution in [0.1, 0.15) is 39.7 Å². The van der Waals surface area contributed by atoms with Gasteiger partial charge in [-0.25, -0.2) is 0 Å². The molecular weight excluding hydrogens is 508 g/mol. The number of phenols is 1. The molecule has 5 N–H and O–H groups in total. The molecule has 1 aliphatic rings. The fraction of sp³-hybridized carbons (Fsp3) is 0.414. The Labute approximate surface area is 226 Å². The highest BCUT2D eigenvalue weighted by molar-refractivity contribution is 5.91. The van der Waals surface area contributed by atoms with Gasteiger partial charge >= 0.3 is 0 Å². The average molecular weight is 545 g/mol. The molecule has 212 valence electrons. The molecule has 2 heterocycles. The van der Waals surface area contributed by atoms with Crippen LogP contribution in [0.25, 0.3) is 22.3 Å². The van der Waals surface area contributed by atoms with Gasteiger partial charge in [-0.05, 0) is 44.5 Å². The maximum Gasteiger partial charge on any atom is 0.238 e. The number of hydrogen-bond donors (Lipinski definition) is 5. The first-order valence-electron chi connectivity index (χ1n) is 12.8. The molecule has 1 fully saturated rings. The number of benzene rings is 2. The first-order chi connectivity index (χ1) is 18.6. The Kier molecular flexibility index (Phi) is 9.98. The van der Waals surface area contributed by atoms with Crippen LogP contribution < -0.4 is 14.9 Å². The molecule has 10 heteroatoms. The van der Waals surface area contributed by atoms with Crippen molar-refractivity contribution in [2.24, 2.45) is 0 Å². The minimum absolute atomic E-state index is 0.00911. The molecule has 0 spiro atoms. The number of methoxy groups -OCH3 is 1. The van der Waals surface area contributed by atoms with Crippen molar-refractivity contribution in [3.05, 3.63) is 57.8 Å². The van der Waals surface area contributed by atoms with Crippen molar-refractivity contribution in [2.45, 2.75) is 65.1 Å². The number of fused-ring (bicyclic) bond motifs is 1. The van der Waals surface area contributed by atoms with E-state index < -0.39 is 48.1 Å². The molecule has 0 amide bonds. The Hall–Kier alpha value is -3.57. The van der Waals surface area contributed by atoms with E-state index in [1.165, 1.54) is 13.2 Å². The van der Waals surface area contributed by atoms with E-state index in [0.29, 0.717) is 16.9 Å². The zero-order valence-corrected chi connectivity index (χ0v) is 22.7. The third-order valence-electron chi connectivity index (χ3n) is 6.21. The van der Waals surface area contributed by atoms with Gasteiger partial charge in [-0.15, -0.1) is 0 Å². The van der Waals surface area contributed by atoms with Crippen LogP contribution in [0, 0.1) is 0 Å². The second kappa shape index (κ2) is 13.0. The summed E-state index contributed by atoms with van der Waals surface area (Å²) in [4.78, 5) is 13.2. The van der Waals surface area contributed by atoms with Crippen LogP contribution in [0.4, 0.5) is 0 Å². The van der Waals surface area contributed by atoms with Crippen LogP contribution in [-0.2, 0) is 11.2 Å². The Morgan fingerprint density at radius 2 is 1.77 bits per heavy atom. The molecule has 0 saturated carbocycles. The van der Waals surface area contributed by atoms with Gasteiger partial charge in [0.1, 0.15) is 40.4 Å². The molecule has 1 aromatic heterocycles. The third kappa shape index (κ3) is 6.36. The lowest BCUT2D eigenvalue weighted by atomic mass is 10.0. The first-order valence-corrected chi connectivity index (χ1v) is 12.8. The lowest BCUT2D eigenvalue weighted by molar-refractivity contribution is -0.240. The zero-order chi connectivity index (χ0) is 28.9. The molecule has 3 aromatic rings. The van der Waals surface area contributed by atoms with E-state index in [4.69, 9.17) is 18.6 Å². The summed E-state index contributed by atoms with van der Waals surface area (Å²) < 4.78 is 22.7. The average Bonchev–Trinajstić information content (AvgIpc) is 2.92. The summed E-state index contributed by atoms with van der Waals surface area (Å²) in [7, 11) is 1.51. The lowest BCUT2D eigenvalue weighted by Crippen LogP contribution is -2.51. The van der Waals surface area contributed by atoms with Crippen LogP contribution in [0.15, 0.2) is 51.2 Å². The quantitative estimate of drug-likeness (QED) is 0.278. The van der Waals surface area contributed by atoms with Gasteiger partial charge < -0.3 is 44.2 Å². The summed E-state index contributed by atoms with van der Waals surface area (Å²) in [6.45, 7) is 7.28. The van der Waals surface area contributed by atoms with Crippen molar-refractivity contribution in [2.75, 3.05) is 13.7 Å². The predicted molar refractivity (Wildman–Crippen MR) is 145 cm³/mol. The molecule has 0 aliphatic carbocycles. The zero-order valence-electron chi connectivity index (χ0n) is 22.7. The monoisotopic (exact) mass is 544 g/mol. The number of ether oxygens (including phenoxy) is 3. The smallest absolute Gasteiger partial charge is 0.238 e. The van der Waals surface area contributed by atoms with Crippen LogP contribution in [0.3, 0.4) is 0 Å². The second-order valence-corrected chi connectivity index (χ2v) is 9.11. The van der Waals surface area contributed by atoms with Gasteiger partial charge in [-0.3, -0.25) is 4.79 Å². The normalized spacial score (nSPS) is 20.6. The van der Waals surface area contributed by atoms with Gasteiger partial charge in [0, 0.05) is 23.6 Å². The molecule has 4 atom stereocenters. The fourth-order valence-electron chi connectivity index (χ4n) is 4.17. The molecule has 10 nitrogen and oxygen atoms in total. The number of rotatable bonds is 7. The largest absolute Gasteiger partial charge is 0.507 e. The Bertz CT molecular complexity index is 1360. The molecule has 2 aromatic carbocycles. The number of allylic oxidation sites excluding steroid dienone is 2. The van der Waals surface area contributed by atoms with Crippen LogP contribution in [0.5, 0.6) is 23.0 Å². The van der Waals surface area contributed by atoms with E-state index in [2.05, 4.69) is 0 Å². The maximum atomic E-state index is 13.2. The van der Waals surface area contributed by atoms with Crippen LogP contribution >= 0.6 is 0 Å². The minimum atomic E-state index is -1.27. The summed E-state index contributed by atoms with van der Waals surface area (Å²) in [5.41, 5.74) is 0.892. The van der Waals surface area contributed by atoms with Crippen molar-refractivity contribution < 1.29 is 44.2 Å². The van der Waals surface area contributed by atoms with Crippen molar-refractivity contribution >= 4 is 11.0 Å². The summed E-state index contributed by atoms with van der Waals surface area (Å²) in [6.07, 6.45) is -2.57. The summed E-state index contributed by atoms with van der Waals surface area (Å²) in [5, 5.41) is 51.1. The summed E-state index contributed by atoms with van der Waals surface area (Å²) >= 11 is 0. The number of aliphatic hydroxyl groups excluding tert-OH is 3. The Morgan fingerprint density at radius 3 is 2.36 bits per heavy atom. The van der Waals surface area contributed by atoms with E-state index >= 15 is 0 Å². The molecule has 3 unspecified atom stereocenters. The highest BCUT2D eigenvalue weighted by Crippen LogP contribution is 2.40. The van der Waals surface area contributed by atoms with Gasteiger partial charge in [-0.2, -0.15) is 0 Å². The summed E-state index contributed by atoms with van der Waals surface area (Å²) in [6, 6.07) is 7.72. The highest BCUT2D eigenvalue weighted by atomic mass is 16.7. The van der Waals surface area contributed by atoms with Crippen molar-refractivity contribution in [1.29, 1.82) is 0 Å². The third-order valence-corrected chi connectivity index (χ3v) is 6.21. The molecule has 1 saturated heterocycles. The Morgan fingerprint density at radius 1 is 1.10 bits per heavy atom. The number of aliphatic hydroxyl groups is 3. The Balaban J connectivity index is 0.00000205. The lowest BCUT2D eigenvalue weighted by Gasteiger charge is -2.36. The van der Waals surface area contributed by atoms with E-state index in [1.807, 2.05) is 33.8 Å². The van der Waals surface area contributed by atoms with Crippen molar-refractivity contribution in [3.63, 3.8) is 0 Å². The molecule has 0 bridgehead atoms. The number of hydrogen-bond acceptors (Lipinski definition) is 10. The minimum Gasteiger partial charge on any atom is -0.507 e. The fourth-order valence-corrected chi connectivity index (χ4v) is 4.17. The second-order valence-electron chi connectivity index (χ2n) is 9.11. The van der Waals surface area contributed by atoms with Gasteiger partial charge in [-0.1, -0.05) is 25.5 Å². The van der Waals surface area contributed by atoms with Gasteiger partial charge in [0.15, 0.2) is 5.76 Å². The SMILES string of the molecule is CC.COc1ccc(-c2oc3c(CC=C(C)C)c(OC4OC(CO)C(O)C[C@@H]4O)cc(O)c3c(=O)c2O)cc1. The van der Waals surface area contributed by atoms with Crippen molar-refractivity contribution in [1.82, 2.24) is 0 Å². The molecular formula is C29H36O10. The topological polar surface area (TPSA) is 159 Å². The number of aromatic hydroxyl groups is 2. The highest BCUT2D eigenvalue weighted by Gasteiger charge is 2.38. The molecule has 39 heavy (non-hydrogen) atoms. The summed E-state index contributed by atoms with van der Waals surface area (Å²) in [5.74, 6) is -0.635. The van der Waals surface area contributed by atoms with E-state index in [9.17, 15) is 30.3 Å². The van der Waals surface area contributed by atoms with Crippen LogP contribution in [-0.4, -0.2) is 63.9 Å². The van der Waals surface area contributed by atoms with E-state index in [1.54, 1.807) is 24.3 Å². The van der Waals surface area contributed by atoms with Crippen molar-refractivity contribution in [3.8, 4) is 34.3 Å². The molecule has 0 radical (unpaired) electrons. The van der Waals surface area contributed by atoms with Gasteiger partial charge in [0.25, 0.3) is 0 Å². The number of phenolic OH excluding ortho intramolecular Hbond substituents is 1. The molecule has 1 aliphatic heterocycles. The maximum absolute atomic E-state index is 13.2. The predicted octanol–water partition coefficient (Wildman–Crippen LogP) is 3.62. The molecule has 4 rings (SSSR count).